The normalized spacial score (nSPS) is 24.6. The van der Waals surface area contributed by atoms with Gasteiger partial charge in [-0.25, -0.2) is 0 Å². The molecule has 1 atom stereocenters. The number of nitrogens with zero attached hydrogens (tertiary/aromatic N) is 1. The third kappa shape index (κ3) is 2.82. The monoisotopic (exact) mass is 333 g/mol. The number of ether oxygens (including phenoxy) is 2. The third-order valence-electron chi connectivity index (χ3n) is 5.21. The van der Waals surface area contributed by atoms with Gasteiger partial charge in [-0.15, -0.1) is 0 Å². The van der Waals surface area contributed by atoms with E-state index in [1.807, 2.05) is 0 Å². The van der Waals surface area contributed by atoms with Crippen molar-refractivity contribution in [3.8, 4) is 0 Å². The first-order valence-electron chi connectivity index (χ1n) is 8.77. The highest BCUT2D eigenvalue weighted by molar-refractivity contribution is 5.77. The number of fused-ring (bicyclic) bond motifs is 1. The number of nitrogens with one attached hydrogen (secondary N) is 2. The van der Waals surface area contributed by atoms with Crippen molar-refractivity contribution in [2.45, 2.75) is 50.4 Å². The number of anilines is 2. The predicted molar refractivity (Wildman–Crippen MR) is 90.4 cm³/mol. The molecule has 7 heteroatoms. The molecule has 1 aromatic carbocycles. The van der Waals surface area contributed by atoms with Gasteiger partial charge in [0, 0.05) is 43.2 Å². The Kier molecular flexibility index (Phi) is 4.05. The van der Waals surface area contributed by atoms with Crippen molar-refractivity contribution in [1.29, 1.82) is 0 Å². The molecule has 3 aliphatic rings. The molecule has 4 rings (SSSR count). The van der Waals surface area contributed by atoms with E-state index in [1.54, 1.807) is 12.1 Å². The molecule has 0 radical (unpaired) electrons. The second kappa shape index (κ2) is 6.22. The summed E-state index contributed by atoms with van der Waals surface area (Å²) in [4.78, 5) is 11.0. The SMILES string of the molecule is O=[N+]([O-])c1ccc2c(c1NCC1COC3(CCCCC3)O1)CCN2. The van der Waals surface area contributed by atoms with Crippen LogP contribution in [-0.2, 0) is 15.9 Å². The summed E-state index contributed by atoms with van der Waals surface area (Å²) < 4.78 is 12.1. The van der Waals surface area contributed by atoms with Crippen molar-refractivity contribution in [1.82, 2.24) is 0 Å². The van der Waals surface area contributed by atoms with Gasteiger partial charge in [-0.3, -0.25) is 10.1 Å². The van der Waals surface area contributed by atoms with E-state index in [0.29, 0.717) is 18.8 Å². The van der Waals surface area contributed by atoms with E-state index in [0.717, 1.165) is 49.9 Å². The summed E-state index contributed by atoms with van der Waals surface area (Å²) in [5.74, 6) is -0.406. The van der Waals surface area contributed by atoms with E-state index in [2.05, 4.69) is 10.6 Å². The zero-order valence-electron chi connectivity index (χ0n) is 13.7. The fraction of sp³-hybridized carbons (Fsp3) is 0.647. The van der Waals surface area contributed by atoms with Crippen LogP contribution in [0.2, 0.25) is 0 Å². The maximum atomic E-state index is 11.3. The fourth-order valence-electron chi connectivity index (χ4n) is 4.02. The first kappa shape index (κ1) is 15.7. The van der Waals surface area contributed by atoms with Gasteiger partial charge in [0.25, 0.3) is 5.69 Å². The van der Waals surface area contributed by atoms with Gasteiger partial charge in [-0.2, -0.15) is 0 Å². The van der Waals surface area contributed by atoms with Crippen LogP contribution in [0.4, 0.5) is 17.1 Å². The summed E-state index contributed by atoms with van der Waals surface area (Å²) in [5.41, 5.74) is 2.73. The lowest BCUT2D eigenvalue weighted by Crippen LogP contribution is -2.34. The zero-order chi connectivity index (χ0) is 16.6. The van der Waals surface area contributed by atoms with Crippen LogP contribution in [-0.4, -0.2) is 36.5 Å². The number of rotatable bonds is 4. The molecule has 1 aromatic rings. The topological polar surface area (TPSA) is 85.7 Å². The second-order valence-corrected chi connectivity index (χ2v) is 6.82. The molecule has 0 aromatic heterocycles. The molecule has 2 N–H and O–H groups in total. The van der Waals surface area contributed by atoms with Gasteiger partial charge in [0.2, 0.25) is 0 Å². The lowest BCUT2D eigenvalue weighted by Gasteiger charge is -2.31. The van der Waals surface area contributed by atoms with Crippen LogP contribution in [0.25, 0.3) is 0 Å². The summed E-state index contributed by atoms with van der Waals surface area (Å²) in [5, 5.41) is 17.9. The maximum Gasteiger partial charge on any atom is 0.292 e. The van der Waals surface area contributed by atoms with E-state index in [1.165, 1.54) is 6.42 Å². The number of benzene rings is 1. The standard InChI is InChI=1S/C17H23N3O4/c21-20(22)15-5-4-14-13(6-9-18-14)16(15)19-10-12-11-23-17(24-12)7-2-1-3-8-17/h4-5,12,18-19H,1-3,6-11H2. The Hall–Kier alpha value is -1.86. The molecule has 7 nitrogen and oxygen atoms in total. The van der Waals surface area contributed by atoms with E-state index in [4.69, 9.17) is 9.47 Å². The van der Waals surface area contributed by atoms with E-state index in [9.17, 15) is 10.1 Å². The average Bonchev–Trinajstić information content (AvgIpc) is 3.20. The maximum absolute atomic E-state index is 11.3. The van der Waals surface area contributed by atoms with Gasteiger partial charge in [0.1, 0.15) is 11.8 Å². The Labute approximate surface area is 140 Å². The van der Waals surface area contributed by atoms with Gasteiger partial charge in [-0.1, -0.05) is 6.42 Å². The molecular formula is C17H23N3O4. The van der Waals surface area contributed by atoms with Crippen LogP contribution in [0, 0.1) is 10.1 Å². The predicted octanol–water partition coefficient (Wildman–Crippen LogP) is 3.05. The van der Waals surface area contributed by atoms with Gasteiger partial charge in [0.15, 0.2) is 5.79 Å². The van der Waals surface area contributed by atoms with Crippen molar-refractivity contribution >= 4 is 17.1 Å². The smallest absolute Gasteiger partial charge is 0.292 e. The van der Waals surface area contributed by atoms with Crippen LogP contribution in [0.3, 0.4) is 0 Å². The minimum Gasteiger partial charge on any atom is -0.384 e. The molecule has 0 bridgehead atoms. The Morgan fingerprint density at radius 3 is 2.96 bits per heavy atom. The van der Waals surface area contributed by atoms with Crippen LogP contribution < -0.4 is 10.6 Å². The Morgan fingerprint density at radius 2 is 2.17 bits per heavy atom. The lowest BCUT2D eigenvalue weighted by atomic mass is 9.94. The van der Waals surface area contributed by atoms with Gasteiger partial charge in [-0.05, 0) is 25.3 Å². The molecule has 1 aliphatic carbocycles. The second-order valence-electron chi connectivity index (χ2n) is 6.82. The molecule has 2 heterocycles. The Bertz CT molecular complexity index is 643. The van der Waals surface area contributed by atoms with Crippen LogP contribution in [0.1, 0.15) is 37.7 Å². The molecule has 24 heavy (non-hydrogen) atoms. The van der Waals surface area contributed by atoms with Crippen molar-refractivity contribution in [3.05, 3.63) is 27.8 Å². The van der Waals surface area contributed by atoms with E-state index < -0.39 is 5.79 Å². The highest BCUT2D eigenvalue weighted by Gasteiger charge is 2.42. The molecule has 2 fully saturated rings. The summed E-state index contributed by atoms with van der Waals surface area (Å²) >= 11 is 0. The zero-order valence-corrected chi connectivity index (χ0v) is 13.7. The van der Waals surface area contributed by atoms with E-state index in [-0.39, 0.29) is 16.7 Å². The Balaban J connectivity index is 1.46. The van der Waals surface area contributed by atoms with E-state index >= 15 is 0 Å². The van der Waals surface area contributed by atoms with Crippen molar-refractivity contribution in [3.63, 3.8) is 0 Å². The number of nitro groups is 1. The first-order valence-corrected chi connectivity index (χ1v) is 8.77. The minimum atomic E-state index is -0.406. The molecular weight excluding hydrogens is 310 g/mol. The van der Waals surface area contributed by atoms with Crippen LogP contribution >= 0.6 is 0 Å². The lowest BCUT2D eigenvalue weighted by molar-refractivity contribution is -0.384. The Morgan fingerprint density at radius 1 is 1.33 bits per heavy atom. The van der Waals surface area contributed by atoms with Gasteiger partial charge < -0.3 is 20.1 Å². The largest absolute Gasteiger partial charge is 0.384 e. The highest BCUT2D eigenvalue weighted by atomic mass is 16.7. The molecule has 2 aliphatic heterocycles. The van der Waals surface area contributed by atoms with Crippen molar-refractivity contribution in [2.24, 2.45) is 0 Å². The molecule has 1 saturated heterocycles. The first-order chi connectivity index (χ1) is 11.7. The quantitative estimate of drug-likeness (QED) is 0.651. The minimum absolute atomic E-state index is 0.0621. The average molecular weight is 333 g/mol. The molecule has 130 valence electrons. The summed E-state index contributed by atoms with van der Waals surface area (Å²) in [7, 11) is 0. The van der Waals surface area contributed by atoms with Crippen molar-refractivity contribution < 1.29 is 14.4 Å². The number of hydrogen-bond donors (Lipinski definition) is 2. The molecule has 0 amide bonds. The highest BCUT2D eigenvalue weighted by Crippen LogP contribution is 2.39. The number of hydrogen-bond acceptors (Lipinski definition) is 6. The summed E-state index contributed by atoms with van der Waals surface area (Å²) in [6.45, 7) is 1.89. The van der Waals surface area contributed by atoms with Gasteiger partial charge in [0.05, 0.1) is 11.5 Å². The molecule has 1 unspecified atom stereocenters. The molecule has 1 saturated carbocycles. The number of nitro benzene ring substituents is 1. The van der Waals surface area contributed by atoms with Crippen molar-refractivity contribution in [2.75, 3.05) is 30.3 Å². The van der Waals surface area contributed by atoms with Crippen LogP contribution in [0.5, 0.6) is 0 Å². The molecule has 1 spiro atoms. The fourth-order valence-corrected chi connectivity index (χ4v) is 4.02. The third-order valence-corrected chi connectivity index (χ3v) is 5.21. The van der Waals surface area contributed by atoms with Crippen LogP contribution in [0.15, 0.2) is 12.1 Å². The summed E-state index contributed by atoms with van der Waals surface area (Å²) in [6, 6.07) is 3.35. The van der Waals surface area contributed by atoms with Gasteiger partial charge >= 0.3 is 0 Å². The summed E-state index contributed by atoms with van der Waals surface area (Å²) in [6.07, 6.45) is 6.17.